The van der Waals surface area contributed by atoms with Crippen LogP contribution in [0.25, 0.3) is 0 Å². The molecular formula is C12H17NO. The SMILES string of the molecule is C#CCCCC(NCC)c1ccco1. The molecule has 1 unspecified atom stereocenters. The molecule has 0 saturated carbocycles. The number of hydrogen-bond donors (Lipinski definition) is 1. The van der Waals surface area contributed by atoms with E-state index in [2.05, 4.69) is 18.2 Å². The molecule has 1 aromatic heterocycles. The fourth-order valence-corrected chi connectivity index (χ4v) is 1.49. The van der Waals surface area contributed by atoms with Gasteiger partial charge in [-0.15, -0.1) is 12.3 Å². The number of nitrogens with one attached hydrogen (secondary N) is 1. The molecule has 2 nitrogen and oxygen atoms in total. The zero-order valence-corrected chi connectivity index (χ0v) is 8.62. The van der Waals surface area contributed by atoms with E-state index in [1.165, 1.54) is 0 Å². The summed E-state index contributed by atoms with van der Waals surface area (Å²) in [5, 5.41) is 3.38. The van der Waals surface area contributed by atoms with Gasteiger partial charge in [0.05, 0.1) is 12.3 Å². The molecule has 0 bridgehead atoms. The molecule has 0 aliphatic heterocycles. The van der Waals surface area contributed by atoms with Crippen LogP contribution in [0.4, 0.5) is 0 Å². The predicted octanol–water partition coefficient (Wildman–Crippen LogP) is 2.73. The number of hydrogen-bond acceptors (Lipinski definition) is 2. The molecule has 1 N–H and O–H groups in total. The molecule has 0 aromatic carbocycles. The highest BCUT2D eigenvalue weighted by atomic mass is 16.3. The smallest absolute Gasteiger partial charge is 0.120 e. The third-order valence-corrected chi connectivity index (χ3v) is 2.15. The third-order valence-electron chi connectivity index (χ3n) is 2.15. The van der Waals surface area contributed by atoms with E-state index < -0.39 is 0 Å². The monoisotopic (exact) mass is 191 g/mol. The first kappa shape index (κ1) is 10.9. The van der Waals surface area contributed by atoms with Crippen LogP contribution in [0.15, 0.2) is 22.8 Å². The largest absolute Gasteiger partial charge is 0.468 e. The Morgan fingerprint density at radius 2 is 2.50 bits per heavy atom. The van der Waals surface area contributed by atoms with Gasteiger partial charge < -0.3 is 9.73 Å². The van der Waals surface area contributed by atoms with Crippen molar-refractivity contribution in [1.82, 2.24) is 5.32 Å². The van der Waals surface area contributed by atoms with E-state index in [0.717, 1.165) is 31.6 Å². The first-order valence-corrected chi connectivity index (χ1v) is 5.08. The van der Waals surface area contributed by atoms with Crippen molar-refractivity contribution in [2.45, 2.75) is 32.2 Å². The van der Waals surface area contributed by atoms with E-state index in [1.807, 2.05) is 12.1 Å². The van der Waals surface area contributed by atoms with Crippen molar-refractivity contribution >= 4 is 0 Å². The Balaban J connectivity index is 2.44. The maximum Gasteiger partial charge on any atom is 0.120 e. The van der Waals surface area contributed by atoms with Gasteiger partial charge in [0, 0.05) is 6.42 Å². The van der Waals surface area contributed by atoms with E-state index in [1.54, 1.807) is 6.26 Å². The molecule has 2 heteroatoms. The lowest BCUT2D eigenvalue weighted by Gasteiger charge is -2.14. The van der Waals surface area contributed by atoms with Crippen LogP contribution in [0.2, 0.25) is 0 Å². The Hall–Kier alpha value is -1.20. The molecule has 0 aliphatic carbocycles. The standard InChI is InChI=1S/C12H17NO/c1-3-5-6-8-11(13-4-2)12-9-7-10-14-12/h1,7,9-11,13H,4-6,8H2,2H3. The zero-order chi connectivity index (χ0) is 10.2. The molecule has 76 valence electrons. The summed E-state index contributed by atoms with van der Waals surface area (Å²) in [4.78, 5) is 0. The highest BCUT2D eigenvalue weighted by Crippen LogP contribution is 2.19. The molecule has 1 rings (SSSR count). The Bertz CT molecular complexity index is 271. The van der Waals surface area contributed by atoms with Crippen molar-refractivity contribution in [3.05, 3.63) is 24.2 Å². The van der Waals surface area contributed by atoms with Crippen LogP contribution in [-0.2, 0) is 0 Å². The molecule has 14 heavy (non-hydrogen) atoms. The summed E-state index contributed by atoms with van der Waals surface area (Å²) >= 11 is 0. The molecule has 1 heterocycles. The Labute approximate surface area is 85.7 Å². The normalized spacial score (nSPS) is 12.3. The summed E-state index contributed by atoms with van der Waals surface area (Å²) in [6.45, 7) is 3.04. The van der Waals surface area contributed by atoms with Crippen LogP contribution in [0.3, 0.4) is 0 Å². The number of furan rings is 1. The highest BCUT2D eigenvalue weighted by Gasteiger charge is 2.11. The van der Waals surface area contributed by atoms with Crippen molar-refractivity contribution in [1.29, 1.82) is 0 Å². The number of terminal acetylenes is 1. The van der Waals surface area contributed by atoms with Gasteiger partial charge in [0.1, 0.15) is 5.76 Å². The molecule has 0 spiro atoms. The van der Waals surface area contributed by atoms with Gasteiger partial charge in [-0.2, -0.15) is 0 Å². The third kappa shape index (κ3) is 3.27. The molecule has 0 fully saturated rings. The van der Waals surface area contributed by atoms with Crippen LogP contribution < -0.4 is 5.32 Å². The second-order valence-corrected chi connectivity index (χ2v) is 3.22. The molecule has 0 aliphatic rings. The van der Waals surface area contributed by atoms with E-state index in [4.69, 9.17) is 10.8 Å². The van der Waals surface area contributed by atoms with E-state index in [9.17, 15) is 0 Å². The van der Waals surface area contributed by atoms with Gasteiger partial charge >= 0.3 is 0 Å². The molecule has 0 radical (unpaired) electrons. The predicted molar refractivity (Wildman–Crippen MR) is 57.8 cm³/mol. The average Bonchev–Trinajstić information content (AvgIpc) is 2.70. The topological polar surface area (TPSA) is 25.2 Å². The van der Waals surface area contributed by atoms with Crippen LogP contribution >= 0.6 is 0 Å². The maximum atomic E-state index is 5.36. The zero-order valence-electron chi connectivity index (χ0n) is 8.62. The van der Waals surface area contributed by atoms with Crippen molar-refractivity contribution in [2.24, 2.45) is 0 Å². The molecule has 1 aromatic rings. The van der Waals surface area contributed by atoms with Gasteiger partial charge in [-0.05, 0) is 31.5 Å². The van der Waals surface area contributed by atoms with Gasteiger partial charge in [0.25, 0.3) is 0 Å². The quantitative estimate of drug-likeness (QED) is 0.552. The lowest BCUT2D eigenvalue weighted by Crippen LogP contribution is -2.20. The lowest BCUT2D eigenvalue weighted by molar-refractivity contribution is 0.396. The Morgan fingerprint density at radius 1 is 1.64 bits per heavy atom. The molecule has 0 amide bonds. The van der Waals surface area contributed by atoms with Crippen molar-refractivity contribution in [3.63, 3.8) is 0 Å². The average molecular weight is 191 g/mol. The van der Waals surface area contributed by atoms with E-state index in [0.29, 0.717) is 6.04 Å². The minimum Gasteiger partial charge on any atom is -0.468 e. The van der Waals surface area contributed by atoms with Crippen LogP contribution in [0, 0.1) is 12.3 Å². The lowest BCUT2D eigenvalue weighted by atomic mass is 10.1. The van der Waals surface area contributed by atoms with Gasteiger partial charge in [-0.1, -0.05) is 6.92 Å². The van der Waals surface area contributed by atoms with Gasteiger partial charge in [-0.25, -0.2) is 0 Å². The summed E-state index contributed by atoms with van der Waals surface area (Å²) in [6, 6.07) is 4.23. The minimum atomic E-state index is 0.309. The second-order valence-electron chi connectivity index (χ2n) is 3.22. The van der Waals surface area contributed by atoms with E-state index in [-0.39, 0.29) is 0 Å². The minimum absolute atomic E-state index is 0.309. The number of unbranched alkanes of at least 4 members (excludes halogenated alkanes) is 1. The summed E-state index contributed by atoms with van der Waals surface area (Å²) in [5.74, 6) is 3.66. The molecule has 0 saturated heterocycles. The second kappa shape index (κ2) is 6.28. The van der Waals surface area contributed by atoms with Crippen LogP contribution in [0.5, 0.6) is 0 Å². The van der Waals surface area contributed by atoms with Crippen molar-refractivity contribution in [3.8, 4) is 12.3 Å². The van der Waals surface area contributed by atoms with Crippen LogP contribution in [-0.4, -0.2) is 6.54 Å². The summed E-state index contributed by atoms with van der Waals surface area (Å²) in [6.07, 6.45) is 9.83. The fourth-order valence-electron chi connectivity index (χ4n) is 1.49. The van der Waals surface area contributed by atoms with Crippen molar-refractivity contribution in [2.75, 3.05) is 6.54 Å². The number of rotatable bonds is 6. The summed E-state index contributed by atoms with van der Waals surface area (Å²) < 4.78 is 5.36. The Kier molecular flexibility index (Phi) is 4.88. The van der Waals surface area contributed by atoms with Gasteiger partial charge in [-0.3, -0.25) is 0 Å². The first-order valence-electron chi connectivity index (χ1n) is 5.08. The van der Waals surface area contributed by atoms with Gasteiger partial charge in [0.15, 0.2) is 0 Å². The van der Waals surface area contributed by atoms with Crippen LogP contribution in [0.1, 0.15) is 38.0 Å². The molecule has 1 atom stereocenters. The highest BCUT2D eigenvalue weighted by molar-refractivity contribution is 5.04. The fraction of sp³-hybridized carbons (Fsp3) is 0.500. The first-order chi connectivity index (χ1) is 6.88. The Morgan fingerprint density at radius 3 is 3.07 bits per heavy atom. The summed E-state index contributed by atoms with van der Waals surface area (Å²) in [5.41, 5.74) is 0. The van der Waals surface area contributed by atoms with Gasteiger partial charge in [0.2, 0.25) is 0 Å². The van der Waals surface area contributed by atoms with Crippen molar-refractivity contribution < 1.29 is 4.42 Å². The summed E-state index contributed by atoms with van der Waals surface area (Å²) in [7, 11) is 0. The maximum absolute atomic E-state index is 5.36. The molecular weight excluding hydrogens is 174 g/mol. The van der Waals surface area contributed by atoms with E-state index >= 15 is 0 Å².